The standard InChI is InChI=1S/C21H27ClN4O2S2/c1-3-26-11-5-8-18(26)14-23-21(29)24-20-13-19(10-9-15(20)2)30(27,28)25-17-7-4-6-16(22)12-17/h4,6-7,9-10,12-13,18,25H,3,5,8,11,14H2,1-2H3,(H2,23,24,29)/t18-/m0/s1. The molecule has 1 saturated heterocycles. The monoisotopic (exact) mass is 466 g/mol. The molecule has 2 aromatic rings. The van der Waals surface area contributed by atoms with Crippen LogP contribution >= 0.6 is 23.8 Å². The summed E-state index contributed by atoms with van der Waals surface area (Å²) in [6, 6.07) is 12.0. The van der Waals surface area contributed by atoms with Crippen LogP contribution in [-0.4, -0.2) is 44.1 Å². The Morgan fingerprint density at radius 2 is 2.07 bits per heavy atom. The molecule has 30 heavy (non-hydrogen) atoms. The van der Waals surface area contributed by atoms with E-state index in [1.807, 2.05) is 6.92 Å². The van der Waals surface area contributed by atoms with Crippen molar-refractivity contribution in [3.05, 3.63) is 53.1 Å². The predicted molar refractivity (Wildman–Crippen MR) is 128 cm³/mol. The van der Waals surface area contributed by atoms with Crippen LogP contribution in [0.2, 0.25) is 5.02 Å². The first kappa shape index (κ1) is 22.8. The molecule has 0 aliphatic carbocycles. The Labute approximate surface area is 189 Å². The molecule has 0 saturated carbocycles. The third-order valence-corrected chi connectivity index (χ3v) is 7.11. The molecule has 1 heterocycles. The van der Waals surface area contributed by atoms with Crippen LogP contribution < -0.4 is 15.4 Å². The molecule has 1 atom stereocenters. The summed E-state index contributed by atoms with van der Waals surface area (Å²) in [5.74, 6) is 0. The van der Waals surface area contributed by atoms with E-state index in [0.717, 1.165) is 31.6 Å². The number of sulfonamides is 1. The van der Waals surface area contributed by atoms with Gasteiger partial charge in [0.25, 0.3) is 10.0 Å². The normalized spacial score (nSPS) is 17.0. The number of aryl methyl sites for hydroxylation is 1. The highest BCUT2D eigenvalue weighted by Gasteiger charge is 2.23. The number of likely N-dealkylation sites (tertiary alicyclic amines) is 1. The van der Waals surface area contributed by atoms with Crippen molar-refractivity contribution in [3.63, 3.8) is 0 Å². The van der Waals surface area contributed by atoms with Crippen molar-refractivity contribution in [3.8, 4) is 0 Å². The quantitative estimate of drug-likeness (QED) is 0.530. The molecule has 1 fully saturated rings. The van der Waals surface area contributed by atoms with E-state index in [0.29, 0.717) is 27.6 Å². The number of nitrogens with zero attached hydrogens (tertiary/aromatic N) is 1. The van der Waals surface area contributed by atoms with Crippen LogP contribution in [0.4, 0.5) is 11.4 Å². The highest BCUT2D eigenvalue weighted by atomic mass is 35.5. The maximum absolute atomic E-state index is 12.8. The number of nitrogens with one attached hydrogen (secondary N) is 3. The number of hydrogen-bond donors (Lipinski definition) is 3. The molecule has 1 aliphatic rings. The average Bonchev–Trinajstić information content (AvgIpc) is 3.15. The van der Waals surface area contributed by atoms with E-state index in [1.54, 1.807) is 42.5 Å². The third-order valence-electron chi connectivity index (χ3n) is 5.25. The summed E-state index contributed by atoms with van der Waals surface area (Å²) in [6.07, 6.45) is 2.37. The summed E-state index contributed by atoms with van der Waals surface area (Å²) in [5, 5.41) is 7.35. The molecule has 9 heteroatoms. The number of anilines is 2. The second kappa shape index (κ2) is 9.96. The molecule has 0 unspecified atom stereocenters. The fourth-order valence-corrected chi connectivity index (χ4v) is 5.05. The van der Waals surface area contributed by atoms with Crippen molar-refractivity contribution in [1.29, 1.82) is 0 Å². The van der Waals surface area contributed by atoms with Crippen molar-refractivity contribution < 1.29 is 8.42 Å². The predicted octanol–water partition coefficient (Wildman–Crippen LogP) is 4.22. The molecule has 0 spiro atoms. The van der Waals surface area contributed by atoms with Crippen LogP contribution in [0.15, 0.2) is 47.4 Å². The Bertz CT molecular complexity index is 1010. The molecular formula is C21H27ClN4O2S2. The molecule has 3 N–H and O–H groups in total. The van der Waals surface area contributed by atoms with Crippen LogP contribution in [0.25, 0.3) is 0 Å². The first-order chi connectivity index (χ1) is 14.3. The topological polar surface area (TPSA) is 73.5 Å². The lowest BCUT2D eigenvalue weighted by atomic mass is 10.2. The van der Waals surface area contributed by atoms with Gasteiger partial charge in [0.15, 0.2) is 5.11 Å². The van der Waals surface area contributed by atoms with E-state index in [9.17, 15) is 8.42 Å². The van der Waals surface area contributed by atoms with Crippen LogP contribution in [0.5, 0.6) is 0 Å². The summed E-state index contributed by atoms with van der Waals surface area (Å²) >= 11 is 11.4. The minimum Gasteiger partial charge on any atom is -0.361 e. The van der Waals surface area contributed by atoms with Gasteiger partial charge in [0.1, 0.15) is 0 Å². The largest absolute Gasteiger partial charge is 0.361 e. The molecule has 3 rings (SSSR count). The van der Waals surface area contributed by atoms with E-state index in [1.165, 1.54) is 6.42 Å². The van der Waals surface area contributed by atoms with E-state index in [-0.39, 0.29) is 4.90 Å². The first-order valence-corrected chi connectivity index (χ1v) is 12.2. The molecule has 162 valence electrons. The summed E-state index contributed by atoms with van der Waals surface area (Å²) < 4.78 is 28.1. The van der Waals surface area contributed by atoms with Gasteiger partial charge < -0.3 is 10.6 Å². The van der Waals surface area contributed by atoms with Gasteiger partial charge in [-0.25, -0.2) is 8.42 Å². The average molecular weight is 467 g/mol. The second-order valence-corrected chi connectivity index (χ2v) is 9.88. The lowest BCUT2D eigenvalue weighted by Gasteiger charge is -2.24. The summed E-state index contributed by atoms with van der Waals surface area (Å²) in [6.45, 7) is 7.00. The van der Waals surface area contributed by atoms with Gasteiger partial charge in [-0.15, -0.1) is 0 Å². The van der Waals surface area contributed by atoms with Crippen molar-refractivity contribution >= 4 is 50.3 Å². The lowest BCUT2D eigenvalue weighted by molar-refractivity contribution is 0.267. The minimum absolute atomic E-state index is 0.145. The highest BCUT2D eigenvalue weighted by molar-refractivity contribution is 7.92. The summed E-state index contributed by atoms with van der Waals surface area (Å²) in [4.78, 5) is 2.58. The van der Waals surface area contributed by atoms with Crippen molar-refractivity contribution in [2.45, 2.75) is 37.6 Å². The summed E-state index contributed by atoms with van der Waals surface area (Å²) in [7, 11) is -3.76. The maximum atomic E-state index is 12.8. The fourth-order valence-electron chi connectivity index (χ4n) is 3.59. The van der Waals surface area contributed by atoms with Crippen LogP contribution in [0.1, 0.15) is 25.3 Å². The second-order valence-electron chi connectivity index (χ2n) is 7.35. The Balaban J connectivity index is 1.67. The van der Waals surface area contributed by atoms with Gasteiger partial charge in [0, 0.05) is 23.3 Å². The van der Waals surface area contributed by atoms with Gasteiger partial charge >= 0.3 is 0 Å². The molecule has 0 bridgehead atoms. The Kier molecular flexibility index (Phi) is 7.57. The fraction of sp³-hybridized carbons (Fsp3) is 0.381. The zero-order valence-corrected chi connectivity index (χ0v) is 19.5. The molecule has 6 nitrogen and oxygen atoms in total. The molecule has 0 amide bonds. The van der Waals surface area contributed by atoms with E-state index in [4.69, 9.17) is 23.8 Å². The van der Waals surface area contributed by atoms with Gasteiger partial charge in [-0.1, -0.05) is 30.7 Å². The van der Waals surface area contributed by atoms with Gasteiger partial charge in [-0.3, -0.25) is 9.62 Å². The van der Waals surface area contributed by atoms with Gasteiger partial charge in [0.2, 0.25) is 0 Å². The Morgan fingerprint density at radius 3 is 2.80 bits per heavy atom. The number of rotatable bonds is 7. The number of thiocarbonyl (C=S) groups is 1. The number of likely N-dealkylation sites (N-methyl/N-ethyl adjacent to an activating group) is 1. The SMILES string of the molecule is CCN1CCC[C@H]1CNC(=S)Nc1cc(S(=O)(=O)Nc2cccc(Cl)c2)ccc1C. The Morgan fingerprint density at radius 1 is 1.27 bits per heavy atom. The van der Waals surface area contributed by atoms with Crippen LogP contribution in [0, 0.1) is 6.92 Å². The molecule has 2 aromatic carbocycles. The van der Waals surface area contributed by atoms with E-state index >= 15 is 0 Å². The van der Waals surface area contributed by atoms with Crippen LogP contribution in [-0.2, 0) is 10.0 Å². The zero-order valence-electron chi connectivity index (χ0n) is 17.1. The van der Waals surface area contributed by atoms with Crippen molar-refractivity contribution in [2.75, 3.05) is 29.7 Å². The number of hydrogen-bond acceptors (Lipinski definition) is 4. The van der Waals surface area contributed by atoms with Crippen LogP contribution in [0.3, 0.4) is 0 Å². The van der Waals surface area contributed by atoms with Gasteiger partial charge in [0.05, 0.1) is 10.6 Å². The first-order valence-electron chi connectivity index (χ1n) is 9.96. The van der Waals surface area contributed by atoms with E-state index < -0.39 is 10.0 Å². The van der Waals surface area contributed by atoms with Gasteiger partial charge in [-0.05, 0) is 81.0 Å². The highest BCUT2D eigenvalue weighted by Crippen LogP contribution is 2.24. The number of benzene rings is 2. The van der Waals surface area contributed by atoms with Crippen molar-refractivity contribution in [2.24, 2.45) is 0 Å². The molecule has 0 aromatic heterocycles. The molecular weight excluding hydrogens is 440 g/mol. The zero-order chi connectivity index (χ0) is 21.7. The van der Waals surface area contributed by atoms with Gasteiger partial charge in [-0.2, -0.15) is 0 Å². The minimum atomic E-state index is -3.76. The van der Waals surface area contributed by atoms with E-state index in [2.05, 4.69) is 27.2 Å². The van der Waals surface area contributed by atoms with Crippen molar-refractivity contribution in [1.82, 2.24) is 10.2 Å². The number of halogens is 1. The maximum Gasteiger partial charge on any atom is 0.261 e. The lowest BCUT2D eigenvalue weighted by Crippen LogP contribution is -2.41. The summed E-state index contributed by atoms with van der Waals surface area (Å²) in [5.41, 5.74) is 1.96. The third kappa shape index (κ3) is 5.85. The molecule has 1 aliphatic heterocycles. The smallest absolute Gasteiger partial charge is 0.261 e. The Hall–Kier alpha value is -1.87. The molecule has 0 radical (unpaired) electrons.